The summed E-state index contributed by atoms with van der Waals surface area (Å²) in [7, 11) is 0. The third-order valence-electron chi connectivity index (χ3n) is 4.95. The Morgan fingerprint density at radius 1 is 1.12 bits per heavy atom. The van der Waals surface area contributed by atoms with Crippen LogP contribution >= 0.6 is 0 Å². The zero-order valence-corrected chi connectivity index (χ0v) is 14.5. The van der Waals surface area contributed by atoms with E-state index in [2.05, 4.69) is 4.98 Å². The number of nitrogens with zero attached hydrogens (tertiary/aromatic N) is 3. The molecular formula is C21H21N3O2. The highest BCUT2D eigenvalue weighted by Crippen LogP contribution is 2.23. The Hall–Kier alpha value is -3.08. The first-order valence-corrected chi connectivity index (χ1v) is 8.84. The lowest BCUT2D eigenvalue weighted by Gasteiger charge is -2.17. The summed E-state index contributed by atoms with van der Waals surface area (Å²) < 4.78 is 1.91. The summed E-state index contributed by atoms with van der Waals surface area (Å²) in [6, 6.07) is 15.0. The second-order valence-electron chi connectivity index (χ2n) is 6.79. The van der Waals surface area contributed by atoms with Crippen molar-refractivity contribution in [3.8, 4) is 11.4 Å². The number of phenols is 1. The molecule has 0 radical (unpaired) electrons. The number of benzene rings is 2. The molecule has 2 aromatic carbocycles. The molecule has 3 aromatic rings. The van der Waals surface area contributed by atoms with Crippen molar-refractivity contribution in [3.63, 3.8) is 0 Å². The Balaban J connectivity index is 1.38. The molecule has 4 rings (SSSR count). The van der Waals surface area contributed by atoms with Gasteiger partial charge in [0.25, 0.3) is 5.91 Å². The van der Waals surface area contributed by atoms with E-state index in [1.807, 2.05) is 52.1 Å². The molecule has 2 heterocycles. The highest BCUT2D eigenvalue weighted by molar-refractivity contribution is 5.94. The van der Waals surface area contributed by atoms with E-state index in [1.165, 1.54) is 5.56 Å². The van der Waals surface area contributed by atoms with Crippen molar-refractivity contribution >= 4 is 5.91 Å². The van der Waals surface area contributed by atoms with Gasteiger partial charge in [0.2, 0.25) is 0 Å². The molecule has 1 atom stereocenters. The molecule has 1 aliphatic rings. The summed E-state index contributed by atoms with van der Waals surface area (Å²) in [6.07, 6.45) is 7.30. The molecule has 5 heteroatoms. The molecule has 0 aliphatic carbocycles. The van der Waals surface area contributed by atoms with Crippen LogP contribution in [0.3, 0.4) is 0 Å². The number of hydrogen-bond donors (Lipinski definition) is 1. The van der Waals surface area contributed by atoms with Gasteiger partial charge in [-0.05, 0) is 60.7 Å². The van der Waals surface area contributed by atoms with Crippen molar-refractivity contribution in [1.29, 1.82) is 0 Å². The zero-order chi connectivity index (χ0) is 17.9. The van der Waals surface area contributed by atoms with Crippen molar-refractivity contribution in [2.45, 2.75) is 12.8 Å². The lowest BCUT2D eigenvalue weighted by Crippen LogP contribution is -2.28. The number of imidazole rings is 1. The fourth-order valence-corrected chi connectivity index (χ4v) is 3.52. The van der Waals surface area contributed by atoms with Crippen LogP contribution in [-0.4, -0.2) is 38.6 Å². The first kappa shape index (κ1) is 16.4. The molecule has 132 valence electrons. The van der Waals surface area contributed by atoms with E-state index in [9.17, 15) is 9.90 Å². The van der Waals surface area contributed by atoms with Gasteiger partial charge in [0.15, 0.2) is 0 Å². The molecule has 5 nitrogen and oxygen atoms in total. The summed E-state index contributed by atoms with van der Waals surface area (Å²) in [5.74, 6) is 0.847. The van der Waals surface area contributed by atoms with Gasteiger partial charge in [-0.1, -0.05) is 12.1 Å². The molecule has 0 spiro atoms. The number of aromatic nitrogens is 2. The lowest BCUT2D eigenvalue weighted by molar-refractivity contribution is 0.0787. The van der Waals surface area contributed by atoms with Crippen molar-refractivity contribution in [2.24, 2.45) is 5.92 Å². The largest absolute Gasteiger partial charge is 0.508 e. The molecule has 1 fully saturated rings. The lowest BCUT2D eigenvalue weighted by atomic mass is 9.99. The third kappa shape index (κ3) is 3.47. The van der Waals surface area contributed by atoms with Gasteiger partial charge in [-0.25, -0.2) is 4.98 Å². The second kappa shape index (κ2) is 7.04. The number of rotatable bonds is 4. The number of carbonyl (C=O) groups excluding carboxylic acids is 1. The van der Waals surface area contributed by atoms with Crippen LogP contribution in [0.15, 0.2) is 67.3 Å². The van der Waals surface area contributed by atoms with Crippen LogP contribution in [0.1, 0.15) is 22.3 Å². The van der Waals surface area contributed by atoms with E-state index < -0.39 is 0 Å². The van der Waals surface area contributed by atoms with Gasteiger partial charge in [-0.3, -0.25) is 4.79 Å². The van der Waals surface area contributed by atoms with Crippen molar-refractivity contribution in [3.05, 3.63) is 78.4 Å². The number of carbonyl (C=O) groups is 1. The zero-order valence-electron chi connectivity index (χ0n) is 14.5. The van der Waals surface area contributed by atoms with Crippen molar-refractivity contribution < 1.29 is 9.90 Å². The van der Waals surface area contributed by atoms with Gasteiger partial charge in [0.1, 0.15) is 5.75 Å². The summed E-state index contributed by atoms with van der Waals surface area (Å²) in [5, 5.41) is 9.38. The summed E-state index contributed by atoms with van der Waals surface area (Å²) in [4.78, 5) is 18.7. The van der Waals surface area contributed by atoms with Crippen LogP contribution in [0.2, 0.25) is 0 Å². The third-order valence-corrected chi connectivity index (χ3v) is 4.95. The fraction of sp³-hybridized carbons (Fsp3) is 0.238. The Morgan fingerprint density at radius 3 is 2.58 bits per heavy atom. The molecule has 1 amide bonds. The maximum absolute atomic E-state index is 12.8. The van der Waals surface area contributed by atoms with E-state index >= 15 is 0 Å². The first-order valence-electron chi connectivity index (χ1n) is 8.84. The SMILES string of the molecule is O=C(c1ccc(-n2ccnc2)cc1)N1CCC(Cc2ccc(O)cc2)C1. The smallest absolute Gasteiger partial charge is 0.253 e. The van der Waals surface area contributed by atoms with Gasteiger partial charge >= 0.3 is 0 Å². The van der Waals surface area contributed by atoms with E-state index in [0.29, 0.717) is 5.92 Å². The molecular weight excluding hydrogens is 326 g/mol. The van der Waals surface area contributed by atoms with Gasteiger partial charge in [-0.15, -0.1) is 0 Å². The molecule has 0 saturated carbocycles. The Kier molecular flexibility index (Phi) is 4.44. The van der Waals surface area contributed by atoms with Crippen LogP contribution in [0, 0.1) is 5.92 Å². The highest BCUT2D eigenvalue weighted by Gasteiger charge is 2.27. The predicted octanol–water partition coefficient (Wildman–Crippen LogP) is 3.28. The normalized spacial score (nSPS) is 16.8. The average molecular weight is 347 g/mol. The van der Waals surface area contributed by atoms with Crippen LogP contribution in [0.4, 0.5) is 0 Å². The van der Waals surface area contributed by atoms with Crippen molar-refractivity contribution in [2.75, 3.05) is 13.1 Å². The minimum Gasteiger partial charge on any atom is -0.508 e. The summed E-state index contributed by atoms with van der Waals surface area (Å²) >= 11 is 0. The highest BCUT2D eigenvalue weighted by atomic mass is 16.3. The Labute approximate surface area is 152 Å². The molecule has 0 bridgehead atoms. The Bertz CT molecular complexity index is 871. The average Bonchev–Trinajstić information content (AvgIpc) is 3.35. The summed E-state index contributed by atoms with van der Waals surface area (Å²) in [6.45, 7) is 1.58. The minimum absolute atomic E-state index is 0.0930. The second-order valence-corrected chi connectivity index (χ2v) is 6.79. The van der Waals surface area contributed by atoms with E-state index in [1.54, 1.807) is 24.7 Å². The monoisotopic (exact) mass is 347 g/mol. The van der Waals surface area contributed by atoms with Crippen LogP contribution < -0.4 is 0 Å². The van der Waals surface area contributed by atoms with E-state index in [-0.39, 0.29) is 11.7 Å². The number of likely N-dealkylation sites (tertiary alicyclic amines) is 1. The maximum atomic E-state index is 12.8. The van der Waals surface area contributed by atoms with E-state index in [4.69, 9.17) is 0 Å². The van der Waals surface area contributed by atoms with Crippen molar-refractivity contribution in [1.82, 2.24) is 14.5 Å². The fourth-order valence-electron chi connectivity index (χ4n) is 3.52. The maximum Gasteiger partial charge on any atom is 0.253 e. The molecule has 1 aromatic heterocycles. The van der Waals surface area contributed by atoms with Crippen LogP contribution in [-0.2, 0) is 6.42 Å². The quantitative estimate of drug-likeness (QED) is 0.788. The topological polar surface area (TPSA) is 58.4 Å². The summed E-state index contributed by atoms with van der Waals surface area (Å²) in [5.41, 5.74) is 2.91. The number of phenolic OH excluding ortho intramolecular Hbond substituents is 1. The number of amides is 1. The van der Waals surface area contributed by atoms with Gasteiger partial charge < -0.3 is 14.6 Å². The minimum atomic E-state index is 0.0930. The first-order chi connectivity index (χ1) is 12.7. The van der Waals surface area contributed by atoms with Crippen LogP contribution in [0.25, 0.3) is 5.69 Å². The number of hydrogen-bond acceptors (Lipinski definition) is 3. The van der Waals surface area contributed by atoms with Gasteiger partial charge in [0.05, 0.1) is 6.33 Å². The molecule has 1 aliphatic heterocycles. The molecule has 1 N–H and O–H groups in total. The van der Waals surface area contributed by atoms with E-state index in [0.717, 1.165) is 37.2 Å². The van der Waals surface area contributed by atoms with Gasteiger partial charge in [0, 0.05) is 36.7 Å². The number of aromatic hydroxyl groups is 1. The standard InChI is InChI=1S/C21H21N3O2/c25-20-7-1-16(2-8-20)13-17-9-11-23(14-17)21(26)18-3-5-19(6-4-18)24-12-10-22-15-24/h1-8,10,12,15,17,25H,9,11,13-14H2. The predicted molar refractivity (Wildman–Crippen MR) is 99.4 cm³/mol. The molecule has 1 saturated heterocycles. The molecule has 26 heavy (non-hydrogen) atoms. The van der Waals surface area contributed by atoms with Crippen LogP contribution in [0.5, 0.6) is 5.75 Å². The van der Waals surface area contributed by atoms with Gasteiger partial charge in [-0.2, -0.15) is 0 Å². The Morgan fingerprint density at radius 2 is 1.88 bits per heavy atom. The molecule has 1 unspecified atom stereocenters.